The van der Waals surface area contributed by atoms with Gasteiger partial charge in [-0.1, -0.05) is 13.2 Å². The van der Waals surface area contributed by atoms with Gasteiger partial charge in [-0.15, -0.1) is 0 Å². The van der Waals surface area contributed by atoms with Gasteiger partial charge in [0, 0.05) is 5.70 Å². The van der Waals surface area contributed by atoms with Crippen molar-refractivity contribution in [2.75, 3.05) is 0 Å². The van der Waals surface area contributed by atoms with Gasteiger partial charge in [-0.3, -0.25) is 0 Å². The van der Waals surface area contributed by atoms with Crippen LogP contribution in [0.4, 0.5) is 0 Å². The highest BCUT2D eigenvalue weighted by molar-refractivity contribution is 7.93. The summed E-state index contributed by atoms with van der Waals surface area (Å²) in [6, 6.07) is 0. The van der Waals surface area contributed by atoms with Crippen molar-refractivity contribution in [2.45, 2.75) is 6.92 Å². The summed E-state index contributed by atoms with van der Waals surface area (Å²) in [6.07, 6.45) is 1.28. The van der Waals surface area contributed by atoms with Crippen molar-refractivity contribution in [2.24, 2.45) is 10.9 Å². The van der Waals surface area contributed by atoms with Crippen LogP contribution in [0.3, 0.4) is 0 Å². The third-order valence-electron chi connectivity index (χ3n) is 1.25. The summed E-state index contributed by atoms with van der Waals surface area (Å²) in [5.74, 6) is 0. The molecule has 0 saturated heterocycles. The monoisotopic (exact) mass is 188 g/mol. The van der Waals surface area contributed by atoms with Gasteiger partial charge >= 0.3 is 0 Å². The van der Waals surface area contributed by atoms with Gasteiger partial charge in [-0.2, -0.15) is 0 Å². The van der Waals surface area contributed by atoms with Crippen LogP contribution in [0.5, 0.6) is 0 Å². The zero-order chi connectivity index (χ0) is 9.94. The van der Waals surface area contributed by atoms with Crippen LogP contribution in [0, 0.1) is 0 Å². The Balaban J connectivity index is 4.81. The van der Waals surface area contributed by atoms with Gasteiger partial charge in [-0.05, 0) is 18.6 Å². The smallest absolute Gasteiger partial charge is 0.237 e. The third-order valence-corrected chi connectivity index (χ3v) is 2.10. The van der Waals surface area contributed by atoms with Crippen molar-refractivity contribution in [1.29, 1.82) is 0 Å². The summed E-state index contributed by atoms with van der Waals surface area (Å²) >= 11 is 0. The maximum Gasteiger partial charge on any atom is 0.237 e. The largest absolute Gasteiger partial charge is 0.399 e. The average Bonchev–Trinajstić information content (AvgIpc) is 1.85. The molecule has 0 aliphatic carbocycles. The molecule has 0 unspecified atom stereocenters. The highest BCUT2D eigenvalue weighted by Gasteiger charge is 2.05. The summed E-state index contributed by atoms with van der Waals surface area (Å²) in [5, 5.41) is 4.79. The lowest BCUT2D eigenvalue weighted by atomic mass is 10.2. The number of rotatable bonds is 3. The molecule has 0 aliphatic heterocycles. The van der Waals surface area contributed by atoms with Crippen molar-refractivity contribution in [3.63, 3.8) is 0 Å². The molecule has 0 aromatic heterocycles. The van der Waals surface area contributed by atoms with Crippen LogP contribution in [-0.2, 0) is 10.0 Å². The highest BCUT2D eigenvalue weighted by atomic mass is 32.2. The van der Waals surface area contributed by atoms with Crippen LogP contribution in [-0.4, -0.2) is 8.42 Å². The fourth-order valence-corrected chi connectivity index (χ4v) is 0.757. The molecule has 0 bridgehead atoms. The van der Waals surface area contributed by atoms with E-state index in [0.29, 0.717) is 11.3 Å². The molecule has 0 aliphatic rings. The summed E-state index contributed by atoms with van der Waals surface area (Å²) in [6.45, 7) is 8.31. The fraction of sp³-hybridized carbons (Fsp3) is 0.143. The van der Waals surface area contributed by atoms with E-state index < -0.39 is 10.0 Å². The predicted octanol–water partition coefficient (Wildman–Crippen LogP) is 0.207. The van der Waals surface area contributed by atoms with E-state index in [2.05, 4.69) is 13.2 Å². The molecule has 0 radical (unpaired) electrons. The van der Waals surface area contributed by atoms with E-state index in [-0.39, 0.29) is 4.91 Å². The molecule has 0 spiro atoms. The Morgan fingerprint density at radius 1 is 1.42 bits per heavy atom. The molecular weight excluding hydrogens is 176 g/mol. The van der Waals surface area contributed by atoms with Crippen LogP contribution < -0.4 is 10.9 Å². The van der Waals surface area contributed by atoms with Crippen LogP contribution in [0.1, 0.15) is 6.92 Å². The summed E-state index contributed by atoms with van der Waals surface area (Å²) in [5.41, 5.74) is 6.12. The molecule has 0 aromatic carbocycles. The molecule has 12 heavy (non-hydrogen) atoms. The minimum atomic E-state index is -3.70. The Morgan fingerprint density at radius 2 is 1.83 bits per heavy atom. The second-order valence-electron chi connectivity index (χ2n) is 2.36. The average molecular weight is 188 g/mol. The highest BCUT2D eigenvalue weighted by Crippen LogP contribution is 2.07. The topological polar surface area (TPSA) is 86.2 Å². The number of hydrogen-bond acceptors (Lipinski definition) is 3. The SMILES string of the molecule is C=C(N)/C(C)=C\C(=C)S(N)(=O)=O. The molecular formula is C7H12N2O2S. The summed E-state index contributed by atoms with van der Waals surface area (Å²) in [7, 11) is -3.70. The fourth-order valence-electron chi connectivity index (χ4n) is 0.416. The molecule has 4 nitrogen and oxygen atoms in total. The zero-order valence-corrected chi connectivity index (χ0v) is 7.69. The van der Waals surface area contributed by atoms with E-state index in [0.717, 1.165) is 0 Å². The van der Waals surface area contributed by atoms with Gasteiger partial charge in [-0.25, -0.2) is 13.6 Å². The molecule has 0 saturated carbocycles. The first-order valence-corrected chi connectivity index (χ1v) is 4.64. The van der Waals surface area contributed by atoms with E-state index in [1.807, 2.05) is 0 Å². The zero-order valence-electron chi connectivity index (χ0n) is 6.87. The Labute approximate surface area is 72.3 Å². The molecule has 68 valence electrons. The van der Waals surface area contributed by atoms with Gasteiger partial charge in [0.15, 0.2) is 0 Å². The van der Waals surface area contributed by atoms with Crippen molar-refractivity contribution >= 4 is 10.0 Å². The molecule has 4 N–H and O–H groups in total. The minimum absolute atomic E-state index is 0.174. The Hall–Kier alpha value is -1.07. The normalized spacial score (nSPS) is 12.7. The van der Waals surface area contributed by atoms with Crippen LogP contribution in [0.15, 0.2) is 35.4 Å². The molecule has 0 amide bonds. The Bertz CT molecular complexity index is 338. The van der Waals surface area contributed by atoms with Gasteiger partial charge in [0.25, 0.3) is 0 Å². The van der Waals surface area contributed by atoms with Crippen molar-refractivity contribution in [3.05, 3.63) is 35.4 Å². The van der Waals surface area contributed by atoms with E-state index >= 15 is 0 Å². The Kier molecular flexibility index (Phi) is 3.24. The van der Waals surface area contributed by atoms with Crippen LogP contribution in [0.25, 0.3) is 0 Å². The van der Waals surface area contributed by atoms with E-state index in [1.54, 1.807) is 6.92 Å². The summed E-state index contributed by atoms with van der Waals surface area (Å²) in [4.78, 5) is -0.174. The van der Waals surface area contributed by atoms with E-state index in [9.17, 15) is 8.42 Å². The Morgan fingerprint density at radius 3 is 2.08 bits per heavy atom. The number of primary sulfonamides is 1. The molecule has 5 heteroatoms. The lowest BCUT2D eigenvalue weighted by Gasteiger charge is -2.00. The first kappa shape index (κ1) is 10.9. The lowest BCUT2D eigenvalue weighted by Crippen LogP contribution is -2.13. The van der Waals surface area contributed by atoms with Gasteiger partial charge in [0.2, 0.25) is 10.0 Å². The molecule has 0 atom stereocenters. The summed E-state index contributed by atoms with van der Waals surface area (Å²) < 4.78 is 21.3. The second-order valence-corrected chi connectivity index (χ2v) is 3.98. The first-order chi connectivity index (χ1) is 5.25. The lowest BCUT2D eigenvalue weighted by molar-refractivity contribution is 0.604. The first-order valence-electron chi connectivity index (χ1n) is 3.10. The second kappa shape index (κ2) is 3.55. The third kappa shape index (κ3) is 3.36. The standard InChI is InChI=1S/C7H12N2O2S/c1-5(7(3)8)4-6(2)12(9,10)11/h4H,2-3,8H2,1H3,(H2,9,10,11)/b5-4-. The van der Waals surface area contributed by atoms with Crippen LogP contribution >= 0.6 is 0 Å². The number of allylic oxidation sites excluding steroid dienone is 2. The quantitative estimate of drug-likeness (QED) is 0.620. The number of nitrogens with two attached hydrogens (primary N) is 2. The number of hydrogen-bond donors (Lipinski definition) is 2. The maximum atomic E-state index is 10.7. The van der Waals surface area contributed by atoms with Gasteiger partial charge < -0.3 is 5.73 Å². The van der Waals surface area contributed by atoms with Crippen molar-refractivity contribution < 1.29 is 8.42 Å². The molecule has 0 aromatic rings. The minimum Gasteiger partial charge on any atom is -0.399 e. The number of sulfonamides is 1. The predicted molar refractivity (Wildman–Crippen MR) is 49.3 cm³/mol. The van der Waals surface area contributed by atoms with Gasteiger partial charge in [0.1, 0.15) is 0 Å². The molecule has 0 fully saturated rings. The molecule has 0 rings (SSSR count). The molecule has 0 heterocycles. The van der Waals surface area contributed by atoms with Crippen molar-refractivity contribution in [3.8, 4) is 0 Å². The van der Waals surface area contributed by atoms with Crippen molar-refractivity contribution in [1.82, 2.24) is 0 Å². The van der Waals surface area contributed by atoms with Crippen LogP contribution in [0.2, 0.25) is 0 Å². The van der Waals surface area contributed by atoms with E-state index in [4.69, 9.17) is 10.9 Å². The maximum absolute atomic E-state index is 10.7. The van der Waals surface area contributed by atoms with E-state index in [1.165, 1.54) is 6.08 Å². The van der Waals surface area contributed by atoms with Gasteiger partial charge in [0.05, 0.1) is 4.91 Å².